The maximum absolute atomic E-state index is 13.5. The summed E-state index contributed by atoms with van der Waals surface area (Å²) in [5.41, 5.74) is 1.05. The minimum Gasteiger partial charge on any atom is -0.493 e. The Morgan fingerprint density at radius 1 is 1.21 bits per heavy atom. The fourth-order valence-corrected chi connectivity index (χ4v) is 4.65. The van der Waals surface area contributed by atoms with E-state index in [0.29, 0.717) is 37.3 Å². The van der Waals surface area contributed by atoms with Gasteiger partial charge in [-0.05, 0) is 65.3 Å². The molecule has 39 heavy (non-hydrogen) atoms. The van der Waals surface area contributed by atoms with E-state index in [0.717, 1.165) is 10.1 Å². The number of hydrogen-bond donors (Lipinski definition) is 1. The lowest BCUT2D eigenvalue weighted by atomic mass is 10.2. The number of fused-ring (bicyclic) bond motifs is 2. The number of carbonyl (C=O) groups is 1. The van der Waals surface area contributed by atoms with Gasteiger partial charge in [0.2, 0.25) is 5.82 Å². The third-order valence-corrected chi connectivity index (χ3v) is 7.46. The van der Waals surface area contributed by atoms with E-state index >= 15 is 0 Å². The first-order valence-electron chi connectivity index (χ1n) is 11.4. The van der Waals surface area contributed by atoms with Gasteiger partial charge in [-0.2, -0.15) is 9.78 Å². The highest BCUT2D eigenvalue weighted by Crippen LogP contribution is 2.42. The summed E-state index contributed by atoms with van der Waals surface area (Å²) in [7, 11) is 1.39. The Bertz CT molecular complexity index is 1850. The van der Waals surface area contributed by atoms with E-state index in [1.54, 1.807) is 54.6 Å². The zero-order valence-electron chi connectivity index (χ0n) is 20.3. The molecule has 5 rings (SSSR count). The van der Waals surface area contributed by atoms with Crippen molar-refractivity contribution in [2.45, 2.75) is 13.0 Å². The molecule has 0 amide bonds. The predicted octanol–water partition coefficient (Wildman–Crippen LogP) is 6.62. The number of furan rings is 1. The van der Waals surface area contributed by atoms with Gasteiger partial charge in [0.1, 0.15) is 10.6 Å². The fraction of sp³-hybridized carbons (Fsp3) is 0.111. The van der Waals surface area contributed by atoms with E-state index in [9.17, 15) is 14.7 Å². The molecule has 0 aliphatic carbocycles. The average Bonchev–Trinajstić information content (AvgIpc) is 3.34. The molecular weight excluding hydrogens is 613 g/mol. The summed E-state index contributed by atoms with van der Waals surface area (Å²) in [6.07, 6.45) is 0.218. The van der Waals surface area contributed by atoms with Crippen LogP contribution >= 0.6 is 39.1 Å². The van der Waals surface area contributed by atoms with Gasteiger partial charge in [0, 0.05) is 20.4 Å². The van der Waals surface area contributed by atoms with Crippen molar-refractivity contribution in [3.8, 4) is 23.1 Å². The number of para-hydroxylation sites is 1. The number of nitrogens with zero attached hydrogens (tertiary/aromatic N) is 3. The molecule has 12 heteroatoms. The molecule has 198 valence electrons. The van der Waals surface area contributed by atoms with Gasteiger partial charge in [0.25, 0.3) is 5.56 Å². The van der Waals surface area contributed by atoms with Crippen LogP contribution in [0.1, 0.15) is 12.5 Å². The third-order valence-electron chi connectivity index (χ3n) is 5.78. The van der Waals surface area contributed by atoms with Gasteiger partial charge in [-0.25, -0.2) is 9.78 Å². The Morgan fingerprint density at radius 3 is 2.72 bits per heavy atom. The molecule has 9 nitrogen and oxygen atoms in total. The number of halogens is 3. The number of hydrogen-bond acceptors (Lipinski definition) is 7. The molecule has 0 unspecified atom stereocenters. The fourth-order valence-electron chi connectivity index (χ4n) is 3.82. The first-order chi connectivity index (χ1) is 18.7. The van der Waals surface area contributed by atoms with Crippen molar-refractivity contribution in [1.29, 1.82) is 0 Å². The van der Waals surface area contributed by atoms with E-state index < -0.39 is 17.6 Å². The smallest absolute Gasteiger partial charge is 0.344 e. The molecule has 1 N–H and O–H groups in total. The van der Waals surface area contributed by atoms with Gasteiger partial charge in [0.15, 0.2) is 23.4 Å². The second kappa shape index (κ2) is 10.7. The Hall–Kier alpha value is -3.86. The third kappa shape index (κ3) is 5.10. The number of ether oxygens (including phenoxy) is 2. The van der Waals surface area contributed by atoms with Crippen molar-refractivity contribution >= 4 is 73.2 Å². The average molecular weight is 631 g/mol. The highest BCUT2D eigenvalue weighted by Gasteiger charge is 2.22. The molecule has 2 heterocycles. The van der Waals surface area contributed by atoms with Gasteiger partial charge in [-0.3, -0.25) is 4.79 Å². The van der Waals surface area contributed by atoms with E-state index in [1.807, 2.05) is 0 Å². The maximum atomic E-state index is 13.5. The predicted molar refractivity (Wildman–Crippen MR) is 153 cm³/mol. The molecule has 2 aromatic heterocycles. The topological polar surface area (TPSA) is 116 Å². The summed E-state index contributed by atoms with van der Waals surface area (Å²) in [6, 6.07) is 15.4. The highest BCUT2D eigenvalue weighted by molar-refractivity contribution is 9.10. The second-order valence-corrected chi connectivity index (χ2v) is 9.94. The minimum absolute atomic E-state index is 0.0456. The molecule has 0 fully saturated rings. The molecule has 0 aliphatic rings. The quantitative estimate of drug-likeness (QED) is 0.201. The van der Waals surface area contributed by atoms with Crippen molar-refractivity contribution in [2.75, 3.05) is 7.11 Å². The Kier molecular flexibility index (Phi) is 7.35. The van der Waals surface area contributed by atoms with Gasteiger partial charge >= 0.3 is 5.97 Å². The molecule has 0 saturated heterocycles. The van der Waals surface area contributed by atoms with Crippen LogP contribution in [-0.4, -0.2) is 40.2 Å². The van der Waals surface area contributed by atoms with Gasteiger partial charge < -0.3 is 19.0 Å². The van der Waals surface area contributed by atoms with Crippen LogP contribution in [0, 0.1) is 0 Å². The summed E-state index contributed by atoms with van der Waals surface area (Å²) >= 11 is 16.0. The minimum atomic E-state index is -1.17. The van der Waals surface area contributed by atoms with Crippen molar-refractivity contribution in [1.82, 2.24) is 9.66 Å². The second-order valence-electron chi connectivity index (χ2n) is 8.33. The van der Waals surface area contributed by atoms with Gasteiger partial charge in [0.05, 0.1) is 24.2 Å². The van der Waals surface area contributed by atoms with Gasteiger partial charge in [-0.1, -0.05) is 35.3 Å². The SMILES string of the molecule is COc1cc(C=Nn2c(-c3cc4cc(Cl)ccc4o3)nc3ccccc3c2=O)c(Br)c(Cl)c1O[C@@H](C)C(=O)O. The van der Waals surface area contributed by atoms with Crippen molar-refractivity contribution in [3.05, 3.63) is 85.0 Å². The van der Waals surface area contributed by atoms with E-state index in [-0.39, 0.29) is 22.3 Å². The lowest BCUT2D eigenvalue weighted by Crippen LogP contribution is -2.23. The molecule has 0 bridgehead atoms. The lowest BCUT2D eigenvalue weighted by molar-refractivity contribution is -0.144. The Balaban J connectivity index is 1.66. The number of methoxy groups -OCH3 is 1. The normalized spacial score (nSPS) is 12.3. The maximum Gasteiger partial charge on any atom is 0.344 e. The molecule has 0 spiro atoms. The summed E-state index contributed by atoms with van der Waals surface area (Å²) in [6.45, 7) is 1.37. The number of carboxylic acid groups (broad SMARTS) is 1. The monoisotopic (exact) mass is 629 g/mol. The van der Waals surface area contributed by atoms with E-state index in [1.165, 1.54) is 20.2 Å². The van der Waals surface area contributed by atoms with Gasteiger partial charge in [-0.15, -0.1) is 0 Å². The van der Waals surface area contributed by atoms with Crippen LogP contribution in [-0.2, 0) is 4.79 Å². The van der Waals surface area contributed by atoms with Crippen LogP contribution in [0.15, 0.2) is 73.4 Å². The van der Waals surface area contributed by atoms with E-state index in [2.05, 4.69) is 26.0 Å². The molecular formula is C27H18BrCl2N3O6. The highest BCUT2D eigenvalue weighted by atomic mass is 79.9. The molecule has 0 aliphatic heterocycles. The zero-order valence-corrected chi connectivity index (χ0v) is 23.4. The number of rotatable bonds is 7. The van der Waals surface area contributed by atoms with Crippen LogP contribution in [0.5, 0.6) is 11.5 Å². The summed E-state index contributed by atoms with van der Waals surface area (Å²) < 4.78 is 18.3. The lowest BCUT2D eigenvalue weighted by Gasteiger charge is -2.17. The Morgan fingerprint density at radius 2 is 1.97 bits per heavy atom. The summed E-state index contributed by atoms with van der Waals surface area (Å²) in [5.74, 6) is -0.459. The Labute approximate surface area is 239 Å². The molecule has 3 aromatic carbocycles. The van der Waals surface area contributed by atoms with Crippen molar-refractivity contribution in [2.24, 2.45) is 5.10 Å². The number of aliphatic carboxylic acids is 1. The standard InChI is InChI=1S/C27H18BrCl2N3O6/c1-13(27(35)36)38-24-20(37-2)11-15(22(28)23(24)30)12-31-33-25(32-18-6-4-3-5-17(18)26(33)34)21-10-14-9-16(29)7-8-19(14)39-21/h3-13H,1-2H3,(H,35,36)/t13-/m0/s1. The number of benzene rings is 3. The molecule has 0 radical (unpaired) electrons. The molecule has 0 saturated carbocycles. The summed E-state index contributed by atoms with van der Waals surface area (Å²) in [5, 5.41) is 15.4. The largest absolute Gasteiger partial charge is 0.493 e. The first kappa shape index (κ1) is 26.7. The van der Waals surface area contributed by atoms with Crippen molar-refractivity contribution < 1.29 is 23.8 Å². The van der Waals surface area contributed by atoms with Crippen LogP contribution in [0.3, 0.4) is 0 Å². The van der Waals surface area contributed by atoms with Crippen LogP contribution in [0.4, 0.5) is 0 Å². The van der Waals surface area contributed by atoms with Crippen LogP contribution in [0.25, 0.3) is 33.5 Å². The van der Waals surface area contributed by atoms with E-state index in [4.69, 9.17) is 37.1 Å². The number of carboxylic acids is 1. The summed E-state index contributed by atoms with van der Waals surface area (Å²) in [4.78, 5) is 29.5. The van der Waals surface area contributed by atoms with Crippen LogP contribution < -0.4 is 15.0 Å². The zero-order chi connectivity index (χ0) is 27.8. The number of aromatic nitrogens is 2. The van der Waals surface area contributed by atoms with Crippen molar-refractivity contribution in [3.63, 3.8) is 0 Å². The molecule has 5 aromatic rings. The molecule has 1 atom stereocenters. The van der Waals surface area contributed by atoms with Crippen LogP contribution in [0.2, 0.25) is 10.0 Å². The first-order valence-corrected chi connectivity index (χ1v) is 12.9.